The van der Waals surface area contributed by atoms with Crippen LogP contribution in [0.5, 0.6) is 0 Å². The maximum absolute atomic E-state index is 8.25. The van der Waals surface area contributed by atoms with Crippen LogP contribution in [-0.2, 0) is 31.3 Å². The van der Waals surface area contributed by atoms with Crippen molar-refractivity contribution < 1.29 is 41.5 Å². The summed E-state index contributed by atoms with van der Waals surface area (Å²) in [5, 5.41) is 29.5. The molecule has 0 atom stereocenters. The molecule has 0 aliphatic heterocycles. The molecule has 0 unspecified atom stereocenters. The number of hydrogen-bond donors (Lipinski definition) is 0. The molecule has 0 aromatic carbocycles. The van der Waals surface area contributed by atoms with E-state index in [9.17, 15) is 0 Å². The van der Waals surface area contributed by atoms with Gasteiger partial charge in [-0.05, 0) is 0 Å². The molecule has 0 aromatic heterocycles. The van der Waals surface area contributed by atoms with E-state index in [-0.39, 0.29) is 31.3 Å². The van der Waals surface area contributed by atoms with Crippen molar-refractivity contribution in [1.82, 2.24) is 0 Å². The molecule has 0 aromatic rings. The fraction of sp³-hybridized carbons (Fsp3) is 0. The van der Waals surface area contributed by atoms with Gasteiger partial charge in [-0.3, -0.25) is 0 Å². The van der Waals surface area contributed by atoms with Crippen LogP contribution in [0.1, 0.15) is 0 Å². The van der Waals surface area contributed by atoms with Crippen LogP contribution in [0.2, 0.25) is 0 Å². The Bertz CT molecular complexity index is 69.6. The minimum atomic E-state index is -1.75. The van der Waals surface area contributed by atoms with Gasteiger partial charge in [0.1, 0.15) is 0 Å². The molecule has 0 aliphatic carbocycles. The number of hydrogen-bond acceptors (Lipinski definition) is 6. The normalized spacial score (nSPS) is 4.80. The van der Waals surface area contributed by atoms with E-state index in [2.05, 4.69) is 0 Å². The molecule has 10 heteroatoms. The van der Waals surface area contributed by atoms with Gasteiger partial charge in [0.05, 0.1) is 10.2 Å². The smallest absolute Gasteiger partial charge is 2.00 e. The standard InChI is InChI=1S/Hf.2NO3.O/c;2*2-1(3)4;/q+4;2*-1;-2. The molecule has 0 saturated heterocycles. The summed E-state index contributed by atoms with van der Waals surface area (Å²) in [7, 11) is 0. The molecule has 9 nitrogen and oxygen atoms in total. The average molecular weight is 318 g/mol. The molecular weight excluding hydrogens is 318 g/mol. The molecule has 0 radical (unpaired) electrons. The zero-order valence-corrected chi connectivity index (χ0v) is 7.84. The number of nitrogens with zero attached hydrogens (tertiary/aromatic N) is 2. The summed E-state index contributed by atoms with van der Waals surface area (Å²) < 4.78 is 0. The summed E-state index contributed by atoms with van der Waals surface area (Å²) >= 11 is 0. The predicted molar refractivity (Wildman–Crippen MR) is 21.4 cm³/mol. The molecule has 0 rings (SSSR count). The third-order valence-electron chi connectivity index (χ3n) is 0. The van der Waals surface area contributed by atoms with Crippen LogP contribution in [0.4, 0.5) is 0 Å². The number of rotatable bonds is 0. The van der Waals surface area contributed by atoms with Crippen molar-refractivity contribution in [3.8, 4) is 0 Å². The van der Waals surface area contributed by atoms with Crippen LogP contribution in [0.3, 0.4) is 0 Å². The summed E-state index contributed by atoms with van der Waals surface area (Å²) in [6.07, 6.45) is 0. The monoisotopic (exact) mass is 320 g/mol. The van der Waals surface area contributed by atoms with Gasteiger partial charge in [0, 0.05) is 0 Å². The van der Waals surface area contributed by atoms with E-state index in [1.54, 1.807) is 0 Å². The molecule has 0 N–H and O–H groups in total. The van der Waals surface area contributed by atoms with Gasteiger partial charge < -0.3 is 36.1 Å². The second-order valence-corrected chi connectivity index (χ2v) is 0.447. The average Bonchev–Trinajstić information content (AvgIpc) is 1.25. The molecule has 0 aliphatic rings. The van der Waals surface area contributed by atoms with Crippen molar-refractivity contribution in [2.24, 2.45) is 0 Å². The quantitative estimate of drug-likeness (QED) is 0.329. The van der Waals surface area contributed by atoms with Crippen molar-refractivity contribution in [3.63, 3.8) is 0 Å². The van der Waals surface area contributed by atoms with Gasteiger partial charge in [-0.2, -0.15) is 0 Å². The van der Waals surface area contributed by atoms with Crippen molar-refractivity contribution in [3.05, 3.63) is 30.6 Å². The van der Waals surface area contributed by atoms with E-state index in [0.717, 1.165) is 0 Å². The zero-order chi connectivity index (χ0) is 7.15. The van der Waals surface area contributed by atoms with E-state index in [1.807, 2.05) is 0 Å². The van der Waals surface area contributed by atoms with Gasteiger partial charge in [0.25, 0.3) is 0 Å². The Morgan fingerprint density at radius 2 is 0.800 bits per heavy atom. The maximum Gasteiger partial charge on any atom is 4.00 e. The van der Waals surface area contributed by atoms with E-state index >= 15 is 0 Å². The fourth-order valence-corrected chi connectivity index (χ4v) is 0. The minimum absolute atomic E-state index is 0. The van der Waals surface area contributed by atoms with Gasteiger partial charge >= 0.3 is 25.8 Å². The van der Waals surface area contributed by atoms with Gasteiger partial charge in [0.2, 0.25) is 0 Å². The molecule has 56 valence electrons. The van der Waals surface area contributed by atoms with Gasteiger partial charge in [-0.25, -0.2) is 0 Å². The first-order chi connectivity index (χ1) is 3.46. The second-order valence-electron chi connectivity index (χ2n) is 0.447. The van der Waals surface area contributed by atoms with Crippen LogP contribution in [0, 0.1) is 30.6 Å². The first-order valence-electron chi connectivity index (χ1n) is 1.10. The van der Waals surface area contributed by atoms with Crippen molar-refractivity contribution in [2.75, 3.05) is 0 Å². The third-order valence-corrected chi connectivity index (χ3v) is 0. The Morgan fingerprint density at radius 1 is 0.800 bits per heavy atom. The Kier molecular flexibility index (Phi) is 35.9. The third kappa shape index (κ3) is 473. The summed E-state index contributed by atoms with van der Waals surface area (Å²) in [5.74, 6) is 0. The predicted octanol–water partition coefficient (Wildman–Crippen LogP) is -0.600. The van der Waals surface area contributed by atoms with Crippen molar-refractivity contribution in [2.45, 2.75) is 0 Å². The summed E-state index contributed by atoms with van der Waals surface area (Å²) in [4.78, 5) is 16.5. The van der Waals surface area contributed by atoms with Crippen LogP contribution in [-0.4, -0.2) is 10.2 Å². The van der Waals surface area contributed by atoms with E-state index < -0.39 is 10.2 Å². The van der Waals surface area contributed by atoms with Gasteiger partial charge in [-0.1, -0.05) is 0 Å². The van der Waals surface area contributed by atoms with Gasteiger partial charge in [-0.15, -0.1) is 0 Å². The van der Waals surface area contributed by atoms with E-state index in [0.29, 0.717) is 0 Å². The van der Waals surface area contributed by atoms with E-state index in [4.69, 9.17) is 30.6 Å². The first kappa shape index (κ1) is 22.9. The van der Waals surface area contributed by atoms with E-state index in [1.165, 1.54) is 0 Å². The van der Waals surface area contributed by atoms with Crippen molar-refractivity contribution in [1.29, 1.82) is 0 Å². The SMILES string of the molecule is O=[N+]([O-])[O-].O=[N+]([O-])[O-].[Hf+4].[O-2]. The summed E-state index contributed by atoms with van der Waals surface area (Å²) in [5.41, 5.74) is 0. The van der Waals surface area contributed by atoms with Crippen LogP contribution < -0.4 is 0 Å². The fourth-order valence-electron chi connectivity index (χ4n) is 0. The second kappa shape index (κ2) is 15.7. The molecule has 0 fully saturated rings. The molecule has 0 heterocycles. The zero-order valence-electron chi connectivity index (χ0n) is 4.25. The summed E-state index contributed by atoms with van der Waals surface area (Å²) in [6.45, 7) is 0. The van der Waals surface area contributed by atoms with Crippen LogP contribution in [0.25, 0.3) is 0 Å². The van der Waals surface area contributed by atoms with Gasteiger partial charge in [0.15, 0.2) is 0 Å². The molecule has 0 spiro atoms. The van der Waals surface area contributed by atoms with Crippen molar-refractivity contribution >= 4 is 0 Å². The Balaban J connectivity index is -0.0000000300. The Hall–Kier alpha value is -0.770. The first-order valence-corrected chi connectivity index (χ1v) is 1.10. The van der Waals surface area contributed by atoms with Crippen LogP contribution in [0.15, 0.2) is 0 Å². The minimum Gasteiger partial charge on any atom is -2.00 e. The molecule has 10 heavy (non-hydrogen) atoms. The summed E-state index contributed by atoms with van der Waals surface area (Å²) in [6, 6.07) is 0. The molecule has 0 bridgehead atoms. The largest absolute Gasteiger partial charge is 4.00 e. The topological polar surface area (TPSA) is 161 Å². The Labute approximate surface area is 72.6 Å². The molecular formula is HfN2O7. The van der Waals surface area contributed by atoms with Crippen LogP contribution >= 0.6 is 0 Å². The maximum atomic E-state index is 8.25. The molecule has 0 amide bonds. The molecule has 0 saturated carbocycles. The Morgan fingerprint density at radius 3 is 0.800 bits per heavy atom.